The lowest BCUT2D eigenvalue weighted by atomic mass is 10.3. The average Bonchev–Trinajstić information content (AvgIpc) is 2.59. The van der Waals surface area contributed by atoms with Crippen LogP contribution < -0.4 is 0 Å². The van der Waals surface area contributed by atoms with E-state index in [0.717, 1.165) is 15.4 Å². The first-order chi connectivity index (χ1) is 7.18. The summed E-state index contributed by atoms with van der Waals surface area (Å²) >= 11 is 6.92. The van der Waals surface area contributed by atoms with Gasteiger partial charge in [0, 0.05) is 5.25 Å². The predicted octanol–water partition coefficient (Wildman–Crippen LogP) is 2.71. The van der Waals surface area contributed by atoms with Gasteiger partial charge >= 0.3 is 0 Å². The Morgan fingerprint density at radius 1 is 1.40 bits per heavy atom. The highest BCUT2D eigenvalue weighted by Gasteiger charge is 2.09. The summed E-state index contributed by atoms with van der Waals surface area (Å²) < 4.78 is 2.47. The zero-order chi connectivity index (χ0) is 10.8. The summed E-state index contributed by atoms with van der Waals surface area (Å²) in [5.41, 5.74) is 1.85. The molecule has 0 aliphatic carbocycles. The van der Waals surface area contributed by atoms with Crippen LogP contribution in [0.1, 0.15) is 13.8 Å². The van der Waals surface area contributed by atoms with Crippen LogP contribution in [0.15, 0.2) is 24.3 Å². The first-order valence-corrected chi connectivity index (χ1v) is 5.98. The van der Waals surface area contributed by atoms with Crippen LogP contribution in [0.3, 0.4) is 0 Å². The van der Waals surface area contributed by atoms with Crippen LogP contribution in [0.2, 0.25) is 0 Å². The lowest BCUT2D eigenvalue weighted by molar-refractivity contribution is 0.880. The van der Waals surface area contributed by atoms with Crippen molar-refractivity contribution in [3.05, 3.63) is 24.3 Å². The van der Waals surface area contributed by atoms with Crippen molar-refractivity contribution in [1.29, 1.82) is 0 Å². The Hall–Kier alpha value is -0.940. The second kappa shape index (κ2) is 4.28. The molecule has 2 aromatic rings. The number of thioether (sulfide) groups is 1. The number of rotatable bonds is 1. The summed E-state index contributed by atoms with van der Waals surface area (Å²) in [6.45, 7) is 4.21. The zero-order valence-corrected chi connectivity index (χ0v) is 10.2. The maximum absolute atomic E-state index is 5.30. The Balaban J connectivity index is 2.40. The molecule has 0 atom stereocenters. The van der Waals surface area contributed by atoms with Crippen molar-refractivity contribution in [2.24, 2.45) is 0 Å². The highest BCUT2D eigenvalue weighted by atomic mass is 32.2. The molecule has 3 nitrogen and oxygen atoms in total. The molecule has 0 radical (unpaired) electrons. The van der Waals surface area contributed by atoms with Crippen molar-refractivity contribution in [2.45, 2.75) is 19.1 Å². The fourth-order valence-electron chi connectivity index (χ4n) is 1.26. The molecule has 0 bridgehead atoms. The van der Waals surface area contributed by atoms with Crippen molar-refractivity contribution in [2.75, 3.05) is 0 Å². The zero-order valence-electron chi connectivity index (χ0n) is 8.54. The van der Waals surface area contributed by atoms with Crippen LogP contribution in [0.4, 0.5) is 0 Å². The fraction of sp³-hybridized carbons (Fsp3) is 0.300. The minimum absolute atomic E-state index is 0.459. The molecule has 0 saturated heterocycles. The lowest BCUT2D eigenvalue weighted by Gasteiger charge is -2.05. The molecule has 0 fully saturated rings. The molecule has 15 heavy (non-hydrogen) atoms. The van der Waals surface area contributed by atoms with E-state index < -0.39 is 0 Å². The third-order valence-corrected chi connectivity index (χ3v) is 3.17. The van der Waals surface area contributed by atoms with Gasteiger partial charge in [0.05, 0.1) is 5.52 Å². The summed E-state index contributed by atoms with van der Waals surface area (Å²) in [4.78, 5) is 0. The molecule has 78 valence electrons. The third-order valence-electron chi connectivity index (χ3n) is 1.86. The Morgan fingerprint density at radius 3 is 2.87 bits per heavy atom. The van der Waals surface area contributed by atoms with Crippen LogP contribution in [0.5, 0.6) is 0 Å². The van der Waals surface area contributed by atoms with E-state index in [0.29, 0.717) is 5.25 Å². The Bertz CT molecular complexity index is 490. The molecule has 0 aliphatic heterocycles. The van der Waals surface area contributed by atoms with Gasteiger partial charge in [-0.05, 0) is 12.1 Å². The molecule has 0 N–H and O–H groups in total. The number of hydrogen-bond donors (Lipinski definition) is 0. The van der Waals surface area contributed by atoms with Crippen LogP contribution in [0, 0.1) is 0 Å². The molecule has 1 aromatic carbocycles. The summed E-state index contributed by atoms with van der Waals surface area (Å²) in [6, 6.07) is 7.81. The smallest absolute Gasteiger partial charge is 0.163 e. The molecular weight excluding hydrogens is 226 g/mol. The van der Waals surface area contributed by atoms with Crippen LogP contribution in [-0.2, 0) is 0 Å². The van der Waals surface area contributed by atoms with E-state index in [2.05, 4.69) is 24.2 Å². The standard InChI is InChI=1S/C10H11N3S2/c1-7(2)15-10(14)13-9-6-4-3-5-8(9)11-12-13/h3-7H,1-2H3. The Labute approximate surface area is 97.9 Å². The minimum atomic E-state index is 0.459. The maximum Gasteiger partial charge on any atom is 0.163 e. The van der Waals surface area contributed by atoms with Gasteiger partial charge in [-0.3, -0.25) is 0 Å². The largest absolute Gasteiger partial charge is 0.195 e. The van der Waals surface area contributed by atoms with Gasteiger partial charge in [-0.2, -0.15) is 4.68 Å². The molecule has 0 amide bonds. The van der Waals surface area contributed by atoms with Crippen LogP contribution in [-0.4, -0.2) is 24.6 Å². The fourth-order valence-corrected chi connectivity index (χ4v) is 2.61. The number of aromatic nitrogens is 3. The minimum Gasteiger partial charge on any atom is -0.195 e. The summed E-state index contributed by atoms with van der Waals surface area (Å²) in [6.07, 6.45) is 0. The lowest BCUT2D eigenvalue weighted by Crippen LogP contribution is -2.09. The average molecular weight is 237 g/mol. The molecule has 0 spiro atoms. The van der Waals surface area contributed by atoms with Crippen molar-refractivity contribution in [3.63, 3.8) is 0 Å². The molecule has 2 rings (SSSR count). The topological polar surface area (TPSA) is 30.7 Å². The predicted molar refractivity (Wildman–Crippen MR) is 68.3 cm³/mol. The van der Waals surface area contributed by atoms with Gasteiger partial charge in [-0.15, -0.1) is 5.10 Å². The van der Waals surface area contributed by atoms with E-state index in [1.54, 1.807) is 16.4 Å². The van der Waals surface area contributed by atoms with E-state index in [1.165, 1.54) is 0 Å². The van der Waals surface area contributed by atoms with Gasteiger partial charge in [0.25, 0.3) is 0 Å². The highest BCUT2D eigenvalue weighted by Crippen LogP contribution is 2.17. The van der Waals surface area contributed by atoms with Crippen LogP contribution in [0.25, 0.3) is 11.0 Å². The van der Waals surface area contributed by atoms with E-state index in [4.69, 9.17) is 12.2 Å². The second-order valence-corrected chi connectivity index (χ2v) is 5.63. The van der Waals surface area contributed by atoms with Gasteiger partial charge in [0.2, 0.25) is 0 Å². The van der Waals surface area contributed by atoms with E-state index in [1.807, 2.05) is 24.3 Å². The van der Waals surface area contributed by atoms with Crippen molar-refractivity contribution in [3.8, 4) is 0 Å². The normalized spacial score (nSPS) is 11.1. The summed E-state index contributed by atoms with van der Waals surface area (Å²) in [5, 5.41) is 8.57. The van der Waals surface area contributed by atoms with Gasteiger partial charge in [-0.1, -0.05) is 55.2 Å². The quantitative estimate of drug-likeness (QED) is 0.714. The van der Waals surface area contributed by atoms with Gasteiger partial charge in [0.15, 0.2) is 4.32 Å². The van der Waals surface area contributed by atoms with Crippen molar-refractivity contribution in [1.82, 2.24) is 15.0 Å². The number of nitrogens with zero attached hydrogens (tertiary/aromatic N) is 3. The van der Waals surface area contributed by atoms with E-state index >= 15 is 0 Å². The molecule has 0 unspecified atom stereocenters. The van der Waals surface area contributed by atoms with Crippen molar-refractivity contribution >= 4 is 39.3 Å². The van der Waals surface area contributed by atoms with Gasteiger partial charge < -0.3 is 0 Å². The third kappa shape index (κ3) is 2.18. The van der Waals surface area contributed by atoms with E-state index in [9.17, 15) is 0 Å². The van der Waals surface area contributed by atoms with Gasteiger partial charge in [-0.25, -0.2) is 0 Å². The maximum atomic E-state index is 5.30. The highest BCUT2D eigenvalue weighted by molar-refractivity contribution is 8.23. The van der Waals surface area contributed by atoms with E-state index in [-0.39, 0.29) is 0 Å². The van der Waals surface area contributed by atoms with Crippen LogP contribution >= 0.6 is 24.0 Å². The second-order valence-electron chi connectivity index (χ2n) is 3.42. The molecule has 5 heteroatoms. The number of thiocarbonyl (C=S) groups is 1. The number of fused-ring (bicyclic) bond motifs is 1. The Kier molecular flexibility index (Phi) is 3.02. The SMILES string of the molecule is CC(C)SC(=S)n1nnc2ccccc21. The van der Waals surface area contributed by atoms with Gasteiger partial charge in [0.1, 0.15) is 5.52 Å². The number of hydrogen-bond acceptors (Lipinski definition) is 4. The number of para-hydroxylation sites is 1. The molecular formula is C10H11N3S2. The number of benzene rings is 1. The first-order valence-electron chi connectivity index (χ1n) is 4.70. The molecule has 1 aromatic heterocycles. The molecule has 1 heterocycles. The van der Waals surface area contributed by atoms with Crippen molar-refractivity contribution < 1.29 is 0 Å². The Morgan fingerprint density at radius 2 is 2.13 bits per heavy atom. The monoisotopic (exact) mass is 237 g/mol. The first kappa shape index (κ1) is 10.6. The molecule has 0 saturated carbocycles. The molecule has 0 aliphatic rings. The summed E-state index contributed by atoms with van der Waals surface area (Å²) in [5.74, 6) is 0. The summed E-state index contributed by atoms with van der Waals surface area (Å²) in [7, 11) is 0.